The van der Waals surface area contributed by atoms with Gasteiger partial charge in [0.05, 0.1) is 45.7 Å². The van der Waals surface area contributed by atoms with Crippen LogP contribution in [0.5, 0.6) is 5.75 Å². The van der Waals surface area contributed by atoms with Crippen molar-refractivity contribution in [3.8, 4) is 5.75 Å². The monoisotopic (exact) mass is 471 g/mol. The van der Waals surface area contributed by atoms with E-state index in [1.807, 2.05) is 24.3 Å². The molecule has 1 amide bonds. The molecule has 9 nitrogen and oxygen atoms in total. The third-order valence-corrected chi connectivity index (χ3v) is 4.51. The van der Waals surface area contributed by atoms with Crippen molar-refractivity contribution in [2.45, 2.75) is 31.9 Å². The predicted molar refractivity (Wildman–Crippen MR) is 126 cm³/mol. The number of benzene rings is 1. The first kappa shape index (κ1) is 31.0. The summed E-state index contributed by atoms with van der Waals surface area (Å²) in [5, 5.41) is 25.3. The molecule has 0 aliphatic carbocycles. The van der Waals surface area contributed by atoms with Gasteiger partial charge in [0, 0.05) is 27.3 Å². The fourth-order valence-corrected chi connectivity index (χ4v) is 2.76. The predicted octanol–water partition coefficient (Wildman–Crippen LogP) is 1.39. The lowest BCUT2D eigenvalue weighted by Gasteiger charge is -2.21. The summed E-state index contributed by atoms with van der Waals surface area (Å²) < 4.78 is 21.3. The lowest BCUT2D eigenvalue weighted by molar-refractivity contribution is -0.126. The van der Waals surface area contributed by atoms with Crippen molar-refractivity contribution in [2.75, 3.05) is 67.0 Å². The maximum Gasteiger partial charge on any atom is 0.246 e. The van der Waals surface area contributed by atoms with Gasteiger partial charge >= 0.3 is 0 Å². The number of hydrogen-bond acceptors (Lipinski definition) is 8. The largest absolute Gasteiger partial charge is 0.491 e. The Morgan fingerprint density at radius 3 is 2.21 bits per heavy atom. The smallest absolute Gasteiger partial charge is 0.246 e. The summed E-state index contributed by atoms with van der Waals surface area (Å²) in [5.74, 6) is 0.606. The average Bonchev–Trinajstić information content (AvgIpc) is 2.86. The zero-order valence-corrected chi connectivity index (χ0v) is 20.0. The number of amides is 1. The summed E-state index contributed by atoms with van der Waals surface area (Å²) in [4.78, 5) is 13.9. The summed E-state index contributed by atoms with van der Waals surface area (Å²) in [6.45, 7) is 7.46. The van der Waals surface area contributed by atoms with Crippen LogP contribution >= 0.6 is 0 Å². The molecule has 0 heterocycles. The molecule has 0 saturated carbocycles. The van der Waals surface area contributed by atoms with Crippen molar-refractivity contribution in [3.63, 3.8) is 0 Å². The maximum absolute atomic E-state index is 12.1. The second-order valence-electron chi connectivity index (χ2n) is 7.01. The van der Waals surface area contributed by atoms with E-state index in [0.29, 0.717) is 59.2 Å². The molecule has 1 aromatic rings. The molecule has 0 aromatic heterocycles. The Bertz CT molecular complexity index is 597. The minimum absolute atomic E-state index is 0.133. The number of rotatable bonds is 19. The van der Waals surface area contributed by atoms with Crippen LogP contribution in [0.25, 0.3) is 0 Å². The Morgan fingerprint density at radius 2 is 1.64 bits per heavy atom. The number of aliphatic hydroxyl groups is 3. The van der Waals surface area contributed by atoms with Crippen molar-refractivity contribution in [2.24, 2.45) is 0 Å². The number of carbonyl (C=O) groups excluding carboxylic acids is 1. The van der Waals surface area contributed by atoms with E-state index in [1.54, 1.807) is 12.0 Å². The second-order valence-corrected chi connectivity index (χ2v) is 7.01. The molecule has 1 aromatic carbocycles. The first-order valence-electron chi connectivity index (χ1n) is 11.1. The first-order valence-corrected chi connectivity index (χ1v) is 11.1. The van der Waals surface area contributed by atoms with Crippen LogP contribution in [0.4, 0.5) is 0 Å². The number of nitrogens with zero attached hydrogens (tertiary/aromatic N) is 1. The molecule has 9 heteroatoms. The number of unbranched alkanes of at least 4 members (excludes halogenated alkanes) is 1. The second kappa shape index (κ2) is 21.8. The molecule has 3 N–H and O–H groups in total. The molecule has 1 unspecified atom stereocenters. The lowest BCUT2D eigenvalue weighted by atomic mass is 10.1. The van der Waals surface area contributed by atoms with Gasteiger partial charge in [-0.2, -0.15) is 0 Å². The van der Waals surface area contributed by atoms with Gasteiger partial charge in [0.2, 0.25) is 5.91 Å². The Labute approximate surface area is 197 Å². The summed E-state index contributed by atoms with van der Waals surface area (Å²) in [6.07, 6.45) is 2.61. The van der Waals surface area contributed by atoms with Crippen LogP contribution < -0.4 is 4.74 Å². The molecule has 0 bridgehead atoms. The highest BCUT2D eigenvalue weighted by Gasteiger charge is 2.11. The molecule has 1 atom stereocenters. The molecule has 0 aliphatic rings. The maximum atomic E-state index is 12.1. The van der Waals surface area contributed by atoms with E-state index < -0.39 is 6.10 Å². The van der Waals surface area contributed by atoms with Gasteiger partial charge in [-0.05, 0) is 43.0 Å². The summed E-state index contributed by atoms with van der Waals surface area (Å²) in [7, 11) is 2.63. The third-order valence-electron chi connectivity index (χ3n) is 4.51. The standard InChI is InChI=1S/C23H37NO7.CH4O/c1-3-23(27)24(11-5-4-6-21(26)19-25)18-20-7-9-22(10-8-20)31-17-16-30-15-14-29-13-12-28-2;1-2/h3,7-10,21,25-26H,1,4-6,11-19H2,2H3;2H,1H3. The van der Waals surface area contributed by atoms with E-state index >= 15 is 0 Å². The summed E-state index contributed by atoms with van der Waals surface area (Å²) in [6, 6.07) is 7.60. The van der Waals surface area contributed by atoms with E-state index in [-0.39, 0.29) is 12.5 Å². The van der Waals surface area contributed by atoms with Gasteiger partial charge in [0.25, 0.3) is 0 Å². The van der Waals surface area contributed by atoms with Gasteiger partial charge in [-0.1, -0.05) is 18.7 Å². The third kappa shape index (κ3) is 16.3. The number of aliphatic hydroxyl groups excluding tert-OH is 3. The van der Waals surface area contributed by atoms with Crippen molar-refractivity contribution in [1.29, 1.82) is 0 Å². The van der Waals surface area contributed by atoms with E-state index in [9.17, 15) is 9.90 Å². The van der Waals surface area contributed by atoms with E-state index in [4.69, 9.17) is 29.2 Å². The van der Waals surface area contributed by atoms with Gasteiger partial charge in [0.15, 0.2) is 0 Å². The van der Waals surface area contributed by atoms with E-state index in [2.05, 4.69) is 6.58 Å². The highest BCUT2D eigenvalue weighted by Crippen LogP contribution is 2.15. The number of ether oxygens (including phenoxy) is 4. The Balaban J connectivity index is 0.00000497. The highest BCUT2D eigenvalue weighted by atomic mass is 16.6. The summed E-state index contributed by atoms with van der Waals surface area (Å²) >= 11 is 0. The normalized spacial score (nSPS) is 11.3. The zero-order chi connectivity index (χ0) is 24.7. The molecule has 1 rings (SSSR count). The quantitative estimate of drug-likeness (QED) is 0.205. The topological polar surface area (TPSA) is 118 Å². The van der Waals surface area contributed by atoms with Crippen molar-refractivity contribution in [1.82, 2.24) is 4.90 Å². The van der Waals surface area contributed by atoms with Gasteiger partial charge in [-0.15, -0.1) is 0 Å². The Morgan fingerprint density at radius 1 is 1.03 bits per heavy atom. The van der Waals surface area contributed by atoms with E-state index in [1.165, 1.54) is 6.08 Å². The highest BCUT2D eigenvalue weighted by molar-refractivity contribution is 5.86. The lowest BCUT2D eigenvalue weighted by Crippen LogP contribution is -2.30. The number of carbonyl (C=O) groups is 1. The number of hydrogen-bond donors (Lipinski definition) is 3. The number of methoxy groups -OCH3 is 1. The Hall–Kier alpha value is -2.01. The molecule has 0 spiro atoms. The SMILES string of the molecule is C=CC(=O)N(CCCCC(O)CO)Cc1ccc(OCCOCCOCCOC)cc1.CO. The van der Waals surface area contributed by atoms with Crippen LogP contribution in [0.15, 0.2) is 36.9 Å². The van der Waals surface area contributed by atoms with Crippen LogP contribution in [0, 0.1) is 0 Å². The minimum Gasteiger partial charge on any atom is -0.491 e. The molecule has 0 saturated heterocycles. The fraction of sp³-hybridized carbons (Fsp3) is 0.625. The van der Waals surface area contributed by atoms with Gasteiger partial charge in [0.1, 0.15) is 12.4 Å². The molecule has 33 heavy (non-hydrogen) atoms. The van der Waals surface area contributed by atoms with Crippen LogP contribution in [-0.2, 0) is 25.5 Å². The van der Waals surface area contributed by atoms with Crippen LogP contribution in [0.3, 0.4) is 0 Å². The van der Waals surface area contributed by atoms with Gasteiger partial charge in [-0.3, -0.25) is 4.79 Å². The Kier molecular flexibility index (Phi) is 20.5. The van der Waals surface area contributed by atoms with Crippen molar-refractivity contribution in [3.05, 3.63) is 42.5 Å². The van der Waals surface area contributed by atoms with Gasteiger partial charge in [-0.25, -0.2) is 0 Å². The minimum atomic E-state index is -0.698. The average molecular weight is 472 g/mol. The van der Waals surface area contributed by atoms with Crippen molar-refractivity contribution >= 4 is 5.91 Å². The van der Waals surface area contributed by atoms with Crippen molar-refractivity contribution < 1.29 is 39.1 Å². The van der Waals surface area contributed by atoms with Gasteiger partial charge < -0.3 is 39.2 Å². The molecular weight excluding hydrogens is 430 g/mol. The fourth-order valence-electron chi connectivity index (χ4n) is 2.76. The molecular formula is C24H41NO8. The van der Waals surface area contributed by atoms with Crippen LogP contribution in [0.2, 0.25) is 0 Å². The molecule has 0 radical (unpaired) electrons. The molecule has 0 fully saturated rings. The zero-order valence-electron chi connectivity index (χ0n) is 20.0. The summed E-state index contributed by atoms with van der Waals surface area (Å²) in [5.41, 5.74) is 0.988. The van der Waals surface area contributed by atoms with Crippen LogP contribution in [0.1, 0.15) is 24.8 Å². The molecule has 0 aliphatic heterocycles. The van der Waals surface area contributed by atoms with E-state index in [0.717, 1.165) is 31.3 Å². The molecule has 190 valence electrons. The first-order chi connectivity index (χ1) is 16.1. The van der Waals surface area contributed by atoms with Crippen LogP contribution in [-0.4, -0.2) is 99.2 Å².